The van der Waals surface area contributed by atoms with Crippen molar-refractivity contribution < 1.29 is 14.7 Å². The summed E-state index contributed by atoms with van der Waals surface area (Å²) in [6, 6.07) is -0.683. The molecule has 5 nitrogen and oxygen atoms in total. The molecule has 2 amide bonds. The number of urea groups is 1. The summed E-state index contributed by atoms with van der Waals surface area (Å²) in [4.78, 5) is 24.6. The van der Waals surface area contributed by atoms with E-state index >= 15 is 0 Å². The van der Waals surface area contributed by atoms with Crippen LogP contribution in [0, 0.1) is 5.41 Å². The van der Waals surface area contributed by atoms with Crippen LogP contribution >= 0.6 is 0 Å². The average molecular weight is 282 g/mol. The van der Waals surface area contributed by atoms with E-state index < -0.39 is 12.0 Å². The van der Waals surface area contributed by atoms with Gasteiger partial charge in [-0.15, -0.1) is 13.2 Å². The van der Waals surface area contributed by atoms with Crippen LogP contribution in [0.2, 0.25) is 0 Å². The van der Waals surface area contributed by atoms with Crippen LogP contribution in [0.5, 0.6) is 0 Å². The summed E-state index contributed by atoms with van der Waals surface area (Å²) in [5.74, 6) is -0.918. The van der Waals surface area contributed by atoms with Gasteiger partial charge in [0.25, 0.3) is 0 Å². The van der Waals surface area contributed by atoms with E-state index in [0.717, 1.165) is 0 Å². The molecule has 0 aromatic heterocycles. The molecular weight excluding hydrogens is 256 g/mol. The summed E-state index contributed by atoms with van der Waals surface area (Å²) in [6.45, 7) is 14.0. The van der Waals surface area contributed by atoms with E-state index in [0.29, 0.717) is 19.5 Å². The largest absolute Gasteiger partial charge is 0.481 e. The highest BCUT2D eigenvalue weighted by Crippen LogP contribution is 2.22. The molecule has 5 heteroatoms. The number of nitrogens with zero attached hydrogens (tertiary/aromatic N) is 1. The third-order valence-corrected chi connectivity index (χ3v) is 2.59. The Morgan fingerprint density at radius 3 is 2.10 bits per heavy atom. The molecule has 0 saturated carbocycles. The molecule has 0 aliphatic rings. The van der Waals surface area contributed by atoms with Gasteiger partial charge >= 0.3 is 12.0 Å². The van der Waals surface area contributed by atoms with Gasteiger partial charge in [-0.2, -0.15) is 0 Å². The van der Waals surface area contributed by atoms with E-state index in [1.54, 1.807) is 12.2 Å². The molecule has 0 spiro atoms. The summed E-state index contributed by atoms with van der Waals surface area (Å²) in [5.41, 5.74) is -0.0604. The van der Waals surface area contributed by atoms with Crippen molar-refractivity contribution in [1.29, 1.82) is 0 Å². The number of carboxylic acid groups (broad SMARTS) is 1. The summed E-state index contributed by atoms with van der Waals surface area (Å²) in [6.07, 6.45) is 3.76. The fraction of sp³-hybridized carbons (Fsp3) is 0.600. The van der Waals surface area contributed by atoms with Gasteiger partial charge in [0, 0.05) is 19.1 Å². The zero-order chi connectivity index (χ0) is 15.8. The molecular formula is C15H26N2O3. The van der Waals surface area contributed by atoms with Gasteiger partial charge in [0.05, 0.1) is 6.42 Å². The molecule has 2 N–H and O–H groups in total. The molecule has 20 heavy (non-hydrogen) atoms. The first-order chi connectivity index (χ1) is 9.19. The summed E-state index contributed by atoms with van der Waals surface area (Å²) in [5, 5.41) is 11.7. The van der Waals surface area contributed by atoms with Gasteiger partial charge in [0.1, 0.15) is 0 Å². The molecule has 0 aromatic rings. The Hall–Kier alpha value is -1.78. The minimum Gasteiger partial charge on any atom is -0.481 e. The minimum absolute atomic E-state index is 0.0604. The summed E-state index contributed by atoms with van der Waals surface area (Å²) >= 11 is 0. The predicted molar refractivity (Wildman–Crippen MR) is 80.6 cm³/mol. The third-order valence-electron chi connectivity index (χ3n) is 2.59. The fourth-order valence-electron chi connectivity index (χ4n) is 1.94. The van der Waals surface area contributed by atoms with Crippen molar-refractivity contribution in [3.8, 4) is 0 Å². The van der Waals surface area contributed by atoms with Crippen LogP contribution in [-0.4, -0.2) is 41.1 Å². The number of hydrogen-bond acceptors (Lipinski definition) is 2. The maximum atomic E-state index is 12.1. The predicted octanol–water partition coefficient (Wildman–Crippen LogP) is 2.65. The first kappa shape index (κ1) is 18.2. The first-order valence-corrected chi connectivity index (χ1v) is 6.68. The van der Waals surface area contributed by atoms with Crippen molar-refractivity contribution in [2.75, 3.05) is 13.1 Å². The number of rotatable bonds is 8. The second kappa shape index (κ2) is 8.40. The van der Waals surface area contributed by atoms with Crippen LogP contribution in [0.1, 0.15) is 33.6 Å². The minimum atomic E-state index is -0.918. The van der Waals surface area contributed by atoms with Crippen molar-refractivity contribution in [3.63, 3.8) is 0 Å². The molecule has 0 saturated heterocycles. The Bertz CT molecular complexity index is 349. The van der Waals surface area contributed by atoms with Gasteiger partial charge in [-0.1, -0.05) is 32.9 Å². The first-order valence-electron chi connectivity index (χ1n) is 6.68. The van der Waals surface area contributed by atoms with Gasteiger partial charge in [-0.25, -0.2) is 4.79 Å². The molecule has 114 valence electrons. The monoisotopic (exact) mass is 282 g/mol. The molecule has 0 bridgehead atoms. The average Bonchev–Trinajstić information content (AvgIpc) is 2.25. The van der Waals surface area contributed by atoms with Gasteiger partial charge in [0.15, 0.2) is 0 Å². The zero-order valence-corrected chi connectivity index (χ0v) is 12.7. The maximum absolute atomic E-state index is 12.1. The van der Waals surface area contributed by atoms with E-state index in [2.05, 4.69) is 18.5 Å². The van der Waals surface area contributed by atoms with Crippen LogP contribution in [0.25, 0.3) is 0 Å². The van der Waals surface area contributed by atoms with Crippen molar-refractivity contribution in [3.05, 3.63) is 25.3 Å². The SMILES string of the molecule is C=CCN(CC=C)C(=O)NC(CC(=O)O)CC(C)(C)C. The Balaban J connectivity index is 4.75. The number of carbonyl (C=O) groups excluding carboxylic acids is 1. The highest BCUT2D eigenvalue weighted by molar-refractivity contribution is 5.76. The van der Waals surface area contributed by atoms with E-state index in [-0.39, 0.29) is 17.9 Å². The van der Waals surface area contributed by atoms with E-state index in [1.165, 1.54) is 4.90 Å². The molecule has 0 aromatic carbocycles. The lowest BCUT2D eigenvalue weighted by molar-refractivity contribution is -0.137. The van der Waals surface area contributed by atoms with E-state index in [4.69, 9.17) is 5.11 Å². The maximum Gasteiger partial charge on any atom is 0.318 e. The van der Waals surface area contributed by atoms with Crippen LogP contribution in [0.3, 0.4) is 0 Å². The lowest BCUT2D eigenvalue weighted by Crippen LogP contribution is -2.46. The van der Waals surface area contributed by atoms with Crippen LogP contribution in [0.15, 0.2) is 25.3 Å². The van der Waals surface area contributed by atoms with Gasteiger partial charge in [0.2, 0.25) is 0 Å². The van der Waals surface area contributed by atoms with Gasteiger partial charge in [-0.05, 0) is 11.8 Å². The van der Waals surface area contributed by atoms with Crippen LogP contribution in [-0.2, 0) is 4.79 Å². The molecule has 0 rings (SSSR count). The normalized spacial score (nSPS) is 12.3. The molecule has 0 fully saturated rings. The smallest absolute Gasteiger partial charge is 0.318 e. The summed E-state index contributed by atoms with van der Waals surface area (Å²) < 4.78 is 0. The molecule has 0 aliphatic heterocycles. The fourth-order valence-corrected chi connectivity index (χ4v) is 1.94. The highest BCUT2D eigenvalue weighted by Gasteiger charge is 2.24. The van der Waals surface area contributed by atoms with Gasteiger partial charge < -0.3 is 15.3 Å². The second-order valence-electron chi connectivity index (χ2n) is 5.99. The Labute approximate surface area is 121 Å². The molecule has 1 unspecified atom stereocenters. The Kier molecular flexibility index (Phi) is 7.65. The molecule has 1 atom stereocenters. The topological polar surface area (TPSA) is 69.6 Å². The van der Waals surface area contributed by atoms with Gasteiger partial charge in [-0.3, -0.25) is 4.79 Å². The quantitative estimate of drug-likeness (QED) is 0.672. The van der Waals surface area contributed by atoms with Crippen molar-refractivity contribution >= 4 is 12.0 Å². The van der Waals surface area contributed by atoms with Crippen LogP contribution < -0.4 is 5.32 Å². The number of aliphatic carboxylic acids is 1. The zero-order valence-electron chi connectivity index (χ0n) is 12.7. The number of carbonyl (C=O) groups is 2. The standard InChI is InChI=1S/C15H26N2O3/c1-6-8-17(9-7-2)14(20)16-12(10-13(18)19)11-15(3,4)5/h6-7,12H,1-2,8-11H2,3-5H3,(H,16,20)(H,18,19). The third kappa shape index (κ3) is 8.34. The lowest BCUT2D eigenvalue weighted by atomic mass is 9.87. The van der Waals surface area contributed by atoms with Crippen molar-refractivity contribution in [1.82, 2.24) is 10.2 Å². The number of hydrogen-bond donors (Lipinski definition) is 2. The van der Waals surface area contributed by atoms with E-state index in [9.17, 15) is 9.59 Å². The number of amides is 2. The van der Waals surface area contributed by atoms with Crippen LogP contribution in [0.4, 0.5) is 4.79 Å². The summed E-state index contributed by atoms with van der Waals surface area (Å²) in [7, 11) is 0. The van der Waals surface area contributed by atoms with Crippen molar-refractivity contribution in [2.24, 2.45) is 5.41 Å². The Morgan fingerprint density at radius 2 is 1.75 bits per heavy atom. The lowest BCUT2D eigenvalue weighted by Gasteiger charge is -2.28. The molecule has 0 radical (unpaired) electrons. The molecule has 0 heterocycles. The number of carboxylic acids is 1. The van der Waals surface area contributed by atoms with E-state index in [1.807, 2.05) is 20.8 Å². The Morgan fingerprint density at radius 1 is 1.25 bits per heavy atom. The molecule has 0 aliphatic carbocycles. The van der Waals surface area contributed by atoms with Crippen molar-refractivity contribution in [2.45, 2.75) is 39.7 Å². The second-order valence-corrected chi connectivity index (χ2v) is 5.99. The number of nitrogens with one attached hydrogen (secondary N) is 1. The highest BCUT2D eigenvalue weighted by atomic mass is 16.4.